The van der Waals surface area contributed by atoms with E-state index < -0.39 is 35.7 Å². The van der Waals surface area contributed by atoms with Crippen LogP contribution in [0.5, 0.6) is 0 Å². The van der Waals surface area contributed by atoms with Crippen LogP contribution in [0.4, 0.5) is 13.2 Å². The minimum Gasteiger partial charge on any atom is -0.447 e. The molecule has 6 aromatic carbocycles. The van der Waals surface area contributed by atoms with E-state index in [2.05, 4.69) is 192 Å². The molecule has 0 aliphatic heterocycles. The molecule has 286 valence electrons. The van der Waals surface area contributed by atoms with Crippen LogP contribution < -0.4 is 31.8 Å². The molecule has 0 atom stereocenters. The van der Waals surface area contributed by atoms with Gasteiger partial charge in [0.15, 0.2) is 0 Å². The Morgan fingerprint density at radius 2 is 0.600 bits per heavy atom. The van der Waals surface area contributed by atoms with E-state index in [4.69, 9.17) is 0 Å². The molecule has 0 aliphatic carbocycles. The van der Waals surface area contributed by atoms with Gasteiger partial charge in [-0.1, -0.05) is 106 Å². The number of aryl methyl sites for hydroxylation is 6. The number of nitrogens with zero attached hydrogens (tertiary/aromatic N) is 2. The van der Waals surface area contributed by atoms with Crippen molar-refractivity contribution in [2.45, 2.75) is 47.7 Å². The van der Waals surface area contributed by atoms with Gasteiger partial charge in [-0.15, -0.1) is 0 Å². The second kappa shape index (κ2) is 20.2. The second-order valence-electron chi connectivity index (χ2n) is 13.4. The van der Waals surface area contributed by atoms with Crippen LogP contribution in [0.3, 0.4) is 0 Å². The second-order valence-corrected chi connectivity index (χ2v) is 18.3. The Balaban J connectivity index is 0.000000195. The van der Waals surface area contributed by atoms with Crippen molar-refractivity contribution in [1.29, 1.82) is 0 Å². The van der Waals surface area contributed by atoms with Crippen LogP contribution in [-0.4, -0.2) is 17.7 Å². The Kier molecular flexibility index (Phi) is 16.1. The molecule has 0 spiro atoms. The van der Waals surface area contributed by atoms with Crippen LogP contribution in [0, 0.1) is 41.5 Å². The topological polar surface area (TPSA) is 17.8 Å². The van der Waals surface area contributed by atoms with Crippen molar-refractivity contribution in [1.82, 2.24) is 9.69 Å². The Labute approximate surface area is 343 Å². The summed E-state index contributed by atoms with van der Waals surface area (Å²) in [5.74, 6) is 0. The molecule has 0 saturated heterocycles. The summed E-state index contributed by atoms with van der Waals surface area (Å²) in [6.07, 6.45) is -3.05. The quantitative estimate of drug-likeness (QED) is 0.122. The molecule has 0 N–H and O–H groups in total. The minimum absolute atomic E-state index is 0. The number of hydrogen-bond acceptors (Lipinski definition) is 1. The van der Waals surface area contributed by atoms with Crippen molar-refractivity contribution in [3.63, 3.8) is 0 Å². The maximum atomic E-state index is 11.9. The predicted molar refractivity (Wildman–Crippen MR) is 234 cm³/mol. The molecule has 0 unspecified atom stereocenters. The van der Waals surface area contributed by atoms with Gasteiger partial charge in [-0.25, -0.2) is 5.10 Å². The van der Waals surface area contributed by atoms with E-state index >= 15 is 0 Å². The van der Waals surface area contributed by atoms with Crippen LogP contribution in [-0.2, 0) is 28.6 Å². The predicted octanol–water partition coefficient (Wildman–Crippen LogP) is 8.23. The smallest absolute Gasteiger partial charge is 0.447 e. The molecule has 0 bridgehead atoms. The van der Waals surface area contributed by atoms with Gasteiger partial charge in [0, 0.05) is 6.20 Å². The van der Waals surface area contributed by atoms with Gasteiger partial charge in [0.25, 0.3) is 0 Å². The van der Waals surface area contributed by atoms with Gasteiger partial charge in [0.2, 0.25) is 0 Å². The standard InChI is InChI=1S/2C21H21P.C4H5BF3N2.Ag/c2*1-16-4-10-19(11-5-16)22(20-12-6-17(2)7-13-20)21-14-8-18(3)9-15-21;5-10-3(1-2-9-10)4(6,7)8;/h2*4-15H,1-3H3;1-2H,5H3;/q;;-1;+1/p+2. The van der Waals surface area contributed by atoms with Crippen molar-refractivity contribution < 1.29 is 35.6 Å². The van der Waals surface area contributed by atoms with Crippen molar-refractivity contribution >= 4 is 55.7 Å². The average molecular weight is 868 g/mol. The van der Waals surface area contributed by atoms with E-state index in [1.54, 1.807) is 0 Å². The van der Waals surface area contributed by atoms with Gasteiger partial charge in [-0.2, -0.15) is 13.2 Å². The zero-order valence-corrected chi connectivity index (χ0v) is 34.8. The van der Waals surface area contributed by atoms with Gasteiger partial charge in [-0.3, -0.25) is 0 Å². The Morgan fingerprint density at radius 1 is 0.400 bits per heavy atom. The number of benzene rings is 6. The third kappa shape index (κ3) is 12.5. The van der Waals surface area contributed by atoms with Gasteiger partial charge in [-0.05, 0) is 120 Å². The maximum absolute atomic E-state index is 11.9. The van der Waals surface area contributed by atoms with Crippen LogP contribution >= 0.6 is 15.8 Å². The van der Waals surface area contributed by atoms with E-state index in [9.17, 15) is 13.2 Å². The summed E-state index contributed by atoms with van der Waals surface area (Å²) >= 11 is 0. The first-order valence-electron chi connectivity index (χ1n) is 17.5. The van der Waals surface area contributed by atoms with Gasteiger partial charge in [0.1, 0.15) is 31.8 Å². The van der Waals surface area contributed by atoms with Crippen molar-refractivity contribution in [2.24, 2.45) is 0 Å². The van der Waals surface area contributed by atoms with Crippen LogP contribution in [0.25, 0.3) is 0 Å². The molecule has 1 aromatic heterocycles. The summed E-state index contributed by atoms with van der Waals surface area (Å²) < 4.78 is 36.6. The first-order valence-corrected chi connectivity index (χ1v) is 20.5. The fraction of sp³-hybridized carbons (Fsp3) is 0.152. The molecular formula is C46H49AgBF3N2P2+2. The zero-order chi connectivity index (χ0) is 38.8. The molecule has 0 radical (unpaired) electrons. The summed E-state index contributed by atoms with van der Waals surface area (Å²) in [4.78, 5) is 0. The normalized spacial score (nSPS) is 10.9. The summed E-state index contributed by atoms with van der Waals surface area (Å²) in [7, 11) is -2.38. The van der Waals surface area contributed by atoms with Crippen molar-refractivity contribution in [2.75, 3.05) is 0 Å². The fourth-order valence-electron chi connectivity index (χ4n) is 5.71. The molecular weight excluding hydrogens is 818 g/mol. The van der Waals surface area contributed by atoms with E-state index in [0.717, 1.165) is 10.7 Å². The maximum Gasteiger partial charge on any atom is 1.00 e. The minimum atomic E-state index is -4.22. The average Bonchev–Trinajstić information content (AvgIpc) is 3.61. The van der Waals surface area contributed by atoms with Gasteiger partial charge >= 0.3 is 28.6 Å². The van der Waals surface area contributed by atoms with Crippen LogP contribution in [0.2, 0.25) is 0 Å². The fourth-order valence-corrected chi connectivity index (χ4v) is 10.7. The van der Waals surface area contributed by atoms with E-state index in [1.165, 1.54) is 71.4 Å². The zero-order valence-electron chi connectivity index (χ0n) is 31.3. The van der Waals surface area contributed by atoms with E-state index in [1.807, 2.05) is 0 Å². The first kappa shape index (κ1) is 43.7. The Hall–Kier alpha value is -4.01. The monoisotopic (exact) mass is 866 g/mol. The Morgan fingerprint density at radius 3 is 0.727 bits per heavy atom. The molecule has 0 amide bonds. The number of halogens is 3. The third-order valence-electron chi connectivity index (χ3n) is 8.80. The molecule has 0 aliphatic rings. The number of alkyl halides is 3. The van der Waals surface area contributed by atoms with Gasteiger partial charge in [0.05, 0.1) is 29.5 Å². The number of hydrogen-bond donors (Lipinski definition) is 0. The summed E-state index contributed by atoms with van der Waals surface area (Å²) in [5.41, 5.74) is 7.29. The first-order chi connectivity index (χ1) is 25.8. The summed E-state index contributed by atoms with van der Waals surface area (Å²) in [6.45, 7) is 12.9. The molecule has 55 heavy (non-hydrogen) atoms. The number of rotatable bonds is 6. The number of aromatic nitrogens is 2. The summed E-state index contributed by atoms with van der Waals surface area (Å²) in [6, 6.07) is 55.2. The van der Waals surface area contributed by atoms with Crippen molar-refractivity contribution in [3.05, 3.63) is 197 Å². The van der Waals surface area contributed by atoms with Gasteiger partial charge < -0.3 is 4.59 Å². The van der Waals surface area contributed by atoms with E-state index in [-0.39, 0.29) is 22.4 Å². The van der Waals surface area contributed by atoms with Crippen molar-refractivity contribution in [3.8, 4) is 0 Å². The molecule has 0 saturated carbocycles. The van der Waals surface area contributed by atoms with E-state index in [0.29, 0.717) is 0 Å². The van der Waals surface area contributed by atoms with Crippen LogP contribution in [0.15, 0.2) is 158 Å². The molecule has 1 heterocycles. The van der Waals surface area contributed by atoms with Crippen LogP contribution in [0.1, 0.15) is 39.1 Å². The third-order valence-corrected chi connectivity index (χ3v) is 14.3. The largest absolute Gasteiger partial charge is 1.00 e. The Bertz CT molecular complexity index is 1850. The molecule has 7 rings (SSSR count). The molecule has 7 aromatic rings. The molecule has 0 fully saturated rings. The SMILES string of the molecule is Cc1ccc([PH+](c2ccc(C)cc2)c2ccc(C)cc2)cc1.Cc1ccc([PH+](c2ccc(C)cc2)c2ccc(C)cc2)cc1.[Ag+].[BH3-]n1nccc1C(F)(F)F. The molecule has 2 nitrogen and oxygen atoms in total. The molecule has 9 heteroatoms. The summed E-state index contributed by atoms with van der Waals surface area (Å²) in [5, 5.41) is 12.2.